The van der Waals surface area contributed by atoms with Gasteiger partial charge in [-0.15, -0.1) is 0 Å². The van der Waals surface area contributed by atoms with E-state index in [1.165, 1.54) is 5.01 Å². The maximum absolute atomic E-state index is 13.4. The van der Waals surface area contributed by atoms with Crippen LogP contribution in [0.3, 0.4) is 0 Å². The van der Waals surface area contributed by atoms with Crippen LogP contribution in [0.15, 0.2) is 0 Å². The van der Waals surface area contributed by atoms with Gasteiger partial charge in [0.05, 0.1) is 19.1 Å². The molecule has 0 radical (unpaired) electrons. The van der Waals surface area contributed by atoms with Crippen LogP contribution >= 0.6 is 0 Å². The van der Waals surface area contributed by atoms with Gasteiger partial charge in [-0.25, -0.2) is 5.43 Å². The summed E-state index contributed by atoms with van der Waals surface area (Å²) >= 11 is 0. The average molecular weight is 578 g/mol. The van der Waals surface area contributed by atoms with E-state index < -0.39 is 12.1 Å². The summed E-state index contributed by atoms with van der Waals surface area (Å²) in [5.74, 6) is -0.430. The monoisotopic (exact) mass is 577 g/mol. The highest BCUT2D eigenvalue weighted by Crippen LogP contribution is 2.15. The summed E-state index contributed by atoms with van der Waals surface area (Å²) in [4.78, 5) is 70.2. The van der Waals surface area contributed by atoms with Crippen LogP contribution in [0.2, 0.25) is 0 Å². The predicted molar refractivity (Wildman–Crippen MR) is 155 cm³/mol. The molecule has 2 atom stereocenters. The van der Waals surface area contributed by atoms with Crippen molar-refractivity contribution in [1.29, 1.82) is 0 Å². The third-order valence-corrected chi connectivity index (χ3v) is 8.05. The van der Waals surface area contributed by atoms with E-state index in [2.05, 4.69) is 25.9 Å². The van der Waals surface area contributed by atoms with Crippen molar-refractivity contribution in [2.24, 2.45) is 11.8 Å². The maximum atomic E-state index is 13.4. The quantitative estimate of drug-likeness (QED) is 0.278. The molecule has 0 saturated carbocycles. The standard InChI is InChI=1S/C29H51N7O5/c1-21(2)18-25(38)30-11-9-26(39)36-23(8-7-10-31-36)29(41)32-28(22(3)4)24(37)19-33-14-16-34(17-15-33)20-27(40)35-12-5-6-13-35/h21-23,28,31H,5-20H2,1-4H3,(H,30,38)(H,32,41)/t23-,28-/m0/s1. The van der Waals surface area contributed by atoms with Crippen molar-refractivity contribution in [3.8, 4) is 0 Å². The summed E-state index contributed by atoms with van der Waals surface area (Å²) in [6.07, 6.45) is 3.89. The number of ketones is 1. The molecule has 0 unspecified atom stereocenters. The molecule has 0 spiro atoms. The largest absolute Gasteiger partial charge is 0.356 e. The van der Waals surface area contributed by atoms with Crippen molar-refractivity contribution >= 4 is 29.4 Å². The van der Waals surface area contributed by atoms with Crippen LogP contribution in [0.25, 0.3) is 0 Å². The Morgan fingerprint density at radius 2 is 1.46 bits per heavy atom. The summed E-state index contributed by atoms with van der Waals surface area (Å²) < 4.78 is 0. The van der Waals surface area contributed by atoms with Gasteiger partial charge in [0.25, 0.3) is 0 Å². The fourth-order valence-electron chi connectivity index (χ4n) is 5.67. The van der Waals surface area contributed by atoms with Gasteiger partial charge in [-0.3, -0.25) is 38.8 Å². The van der Waals surface area contributed by atoms with Gasteiger partial charge in [0.2, 0.25) is 23.6 Å². The SMILES string of the molecule is CC(C)CC(=O)NCCC(=O)N1NCCC[C@H]1C(=O)N[C@H](C(=O)CN1CCN(CC(=O)N2CCCC2)CC1)C(C)C. The predicted octanol–water partition coefficient (Wildman–Crippen LogP) is -0.0157. The molecule has 3 fully saturated rings. The minimum atomic E-state index is -0.714. The second kappa shape index (κ2) is 16.2. The number of piperazine rings is 1. The van der Waals surface area contributed by atoms with E-state index in [1.54, 1.807) is 0 Å². The molecule has 3 saturated heterocycles. The smallest absolute Gasteiger partial charge is 0.245 e. The van der Waals surface area contributed by atoms with Crippen molar-refractivity contribution in [1.82, 2.24) is 35.8 Å². The molecule has 0 bridgehead atoms. The highest BCUT2D eigenvalue weighted by molar-refractivity contribution is 5.93. The number of amides is 4. The second-order valence-electron chi connectivity index (χ2n) is 12.4. The number of hydrogen-bond donors (Lipinski definition) is 3. The molecule has 3 rings (SSSR count). The normalized spacial score (nSPS) is 21.3. The molecule has 232 valence electrons. The maximum Gasteiger partial charge on any atom is 0.245 e. The molecule has 0 aromatic carbocycles. The van der Waals surface area contributed by atoms with Crippen molar-refractivity contribution in [3.63, 3.8) is 0 Å². The molecule has 0 aromatic heterocycles. The average Bonchev–Trinajstić information content (AvgIpc) is 3.47. The number of nitrogens with zero attached hydrogens (tertiary/aromatic N) is 4. The minimum absolute atomic E-state index is 0.0514. The minimum Gasteiger partial charge on any atom is -0.356 e. The van der Waals surface area contributed by atoms with E-state index in [1.807, 2.05) is 32.6 Å². The van der Waals surface area contributed by atoms with Gasteiger partial charge < -0.3 is 15.5 Å². The lowest BCUT2D eigenvalue weighted by Gasteiger charge is -2.37. The Morgan fingerprint density at radius 1 is 0.829 bits per heavy atom. The number of likely N-dealkylation sites (tertiary alicyclic amines) is 1. The molecular formula is C29H51N7O5. The molecule has 12 nitrogen and oxygen atoms in total. The number of Topliss-reactive ketones (excluding diaryl/α,β-unsaturated/α-hetero) is 1. The fourth-order valence-corrected chi connectivity index (χ4v) is 5.67. The van der Waals surface area contributed by atoms with Crippen LogP contribution < -0.4 is 16.1 Å². The summed E-state index contributed by atoms with van der Waals surface area (Å²) in [5.41, 5.74) is 3.04. The zero-order valence-corrected chi connectivity index (χ0v) is 25.5. The van der Waals surface area contributed by atoms with Gasteiger partial charge in [-0.05, 0) is 37.5 Å². The van der Waals surface area contributed by atoms with Gasteiger partial charge in [0.1, 0.15) is 6.04 Å². The van der Waals surface area contributed by atoms with Crippen LogP contribution in [0.1, 0.15) is 66.2 Å². The van der Waals surface area contributed by atoms with E-state index in [9.17, 15) is 24.0 Å². The van der Waals surface area contributed by atoms with E-state index in [4.69, 9.17) is 0 Å². The summed E-state index contributed by atoms with van der Waals surface area (Å²) in [6.45, 7) is 13.8. The molecule has 4 amide bonds. The summed E-state index contributed by atoms with van der Waals surface area (Å²) in [6, 6.07) is -1.38. The van der Waals surface area contributed by atoms with Gasteiger partial charge in [0.15, 0.2) is 5.78 Å². The molecular weight excluding hydrogens is 526 g/mol. The van der Waals surface area contributed by atoms with Crippen LogP contribution in [0.5, 0.6) is 0 Å². The van der Waals surface area contributed by atoms with Crippen LogP contribution in [0.4, 0.5) is 0 Å². The van der Waals surface area contributed by atoms with Crippen molar-refractivity contribution in [2.75, 3.05) is 65.4 Å². The first-order valence-corrected chi connectivity index (χ1v) is 15.4. The third kappa shape index (κ3) is 10.3. The Balaban J connectivity index is 1.47. The zero-order valence-electron chi connectivity index (χ0n) is 25.5. The van der Waals surface area contributed by atoms with Crippen LogP contribution in [0, 0.1) is 11.8 Å². The molecule has 0 aliphatic carbocycles. The van der Waals surface area contributed by atoms with Gasteiger partial charge in [0, 0.05) is 65.2 Å². The lowest BCUT2D eigenvalue weighted by atomic mass is 9.97. The van der Waals surface area contributed by atoms with Crippen molar-refractivity contribution in [2.45, 2.75) is 78.3 Å². The second-order valence-corrected chi connectivity index (χ2v) is 12.4. The first-order valence-electron chi connectivity index (χ1n) is 15.4. The number of carbonyl (C=O) groups is 5. The highest BCUT2D eigenvalue weighted by Gasteiger charge is 2.35. The van der Waals surface area contributed by atoms with Gasteiger partial charge in [-0.2, -0.15) is 0 Å². The van der Waals surface area contributed by atoms with E-state index in [-0.39, 0.29) is 60.8 Å². The molecule has 0 aromatic rings. The van der Waals surface area contributed by atoms with Gasteiger partial charge >= 0.3 is 0 Å². The lowest BCUT2D eigenvalue weighted by molar-refractivity contribution is -0.147. The first-order chi connectivity index (χ1) is 19.5. The Labute approximate surface area is 244 Å². The summed E-state index contributed by atoms with van der Waals surface area (Å²) in [5, 5.41) is 7.08. The topological polar surface area (TPSA) is 134 Å². The molecule has 41 heavy (non-hydrogen) atoms. The van der Waals surface area contributed by atoms with Crippen molar-refractivity contribution in [3.05, 3.63) is 0 Å². The number of nitrogens with one attached hydrogen (secondary N) is 3. The molecule has 3 N–H and O–H groups in total. The Hall–Kier alpha value is -2.57. The molecule has 12 heteroatoms. The lowest BCUT2D eigenvalue weighted by Crippen LogP contribution is -2.61. The highest BCUT2D eigenvalue weighted by atomic mass is 16.2. The molecule has 3 aliphatic rings. The van der Waals surface area contributed by atoms with Crippen molar-refractivity contribution < 1.29 is 24.0 Å². The van der Waals surface area contributed by atoms with Gasteiger partial charge in [-0.1, -0.05) is 27.7 Å². The van der Waals surface area contributed by atoms with Crippen LogP contribution in [-0.4, -0.2) is 127 Å². The number of rotatable bonds is 13. The molecule has 3 heterocycles. The van der Waals surface area contributed by atoms with E-state index in [0.29, 0.717) is 39.0 Å². The third-order valence-electron chi connectivity index (χ3n) is 8.05. The Morgan fingerprint density at radius 3 is 2.07 bits per heavy atom. The van der Waals surface area contributed by atoms with Crippen LogP contribution in [-0.2, 0) is 24.0 Å². The number of carbonyl (C=O) groups excluding carboxylic acids is 5. The summed E-state index contributed by atoms with van der Waals surface area (Å²) in [7, 11) is 0. The Kier molecular flexibility index (Phi) is 13.0. The zero-order chi connectivity index (χ0) is 29.9. The number of hydrazine groups is 1. The number of hydrogen-bond acceptors (Lipinski definition) is 8. The van der Waals surface area contributed by atoms with E-state index >= 15 is 0 Å². The fraction of sp³-hybridized carbons (Fsp3) is 0.828. The molecule has 3 aliphatic heterocycles. The Bertz CT molecular complexity index is 913. The van der Waals surface area contributed by atoms with E-state index in [0.717, 1.165) is 45.4 Å². The first kappa shape index (κ1) is 32.9.